The summed E-state index contributed by atoms with van der Waals surface area (Å²) in [7, 11) is 0. The zero-order valence-electron chi connectivity index (χ0n) is 14.5. The van der Waals surface area contributed by atoms with Crippen LogP contribution in [-0.4, -0.2) is 40.9 Å². The number of carbonyl (C=O) groups is 2. The van der Waals surface area contributed by atoms with Crippen molar-refractivity contribution in [3.05, 3.63) is 53.1 Å². The van der Waals surface area contributed by atoms with Gasteiger partial charge in [-0.15, -0.1) is 0 Å². The van der Waals surface area contributed by atoms with E-state index in [-0.39, 0.29) is 24.2 Å². The summed E-state index contributed by atoms with van der Waals surface area (Å²) in [5, 5.41) is 2.71. The molecule has 0 aliphatic carbocycles. The molecule has 2 amide bonds. The molecular weight excluding hydrogens is 321 g/mol. The molecule has 0 atom stereocenters. The van der Waals surface area contributed by atoms with E-state index in [9.17, 15) is 14.0 Å². The van der Waals surface area contributed by atoms with E-state index in [2.05, 4.69) is 5.32 Å². The van der Waals surface area contributed by atoms with Gasteiger partial charge in [-0.25, -0.2) is 4.39 Å². The number of nitrogens with one attached hydrogen (secondary N) is 1. The Balaban J connectivity index is 1.74. The third-order valence-electron chi connectivity index (χ3n) is 4.62. The zero-order valence-corrected chi connectivity index (χ0v) is 14.5. The summed E-state index contributed by atoms with van der Waals surface area (Å²) >= 11 is 0. The van der Waals surface area contributed by atoms with E-state index in [1.165, 1.54) is 12.1 Å². The largest absolute Gasteiger partial charge is 0.343 e. The normalized spacial score (nSPS) is 14.0. The van der Waals surface area contributed by atoms with Gasteiger partial charge in [-0.2, -0.15) is 0 Å². The highest BCUT2D eigenvalue weighted by Gasteiger charge is 2.20. The predicted octanol–water partition coefficient (Wildman–Crippen LogP) is 2.59. The number of aromatic nitrogens is 1. The predicted molar refractivity (Wildman–Crippen MR) is 93.3 cm³/mol. The average molecular weight is 343 g/mol. The lowest BCUT2D eigenvalue weighted by atomic mass is 10.2. The Bertz CT molecular complexity index is 790. The SMILES string of the molecule is Cc1cc(C(=O)NCC(=O)N2CCCC2)c(C)n1-c1ccc(F)cc1. The van der Waals surface area contributed by atoms with Gasteiger partial charge in [0, 0.05) is 30.2 Å². The molecular formula is C19H22FN3O2. The summed E-state index contributed by atoms with van der Waals surface area (Å²) in [6.45, 7) is 5.29. The molecule has 1 aliphatic rings. The van der Waals surface area contributed by atoms with Crippen LogP contribution in [0.4, 0.5) is 4.39 Å². The Kier molecular flexibility index (Phi) is 4.88. The number of rotatable bonds is 4. The lowest BCUT2D eigenvalue weighted by molar-refractivity contribution is -0.129. The number of benzene rings is 1. The van der Waals surface area contributed by atoms with Gasteiger partial charge in [0.05, 0.1) is 12.1 Å². The first-order valence-electron chi connectivity index (χ1n) is 8.48. The number of nitrogens with zero attached hydrogens (tertiary/aromatic N) is 2. The van der Waals surface area contributed by atoms with Crippen molar-refractivity contribution in [3.63, 3.8) is 0 Å². The molecule has 6 heteroatoms. The molecule has 132 valence electrons. The standard InChI is InChI=1S/C19H22FN3O2/c1-13-11-17(14(2)23(13)16-7-5-15(20)6-8-16)19(25)21-12-18(24)22-9-3-4-10-22/h5-8,11H,3-4,9-10,12H2,1-2H3,(H,21,25). The summed E-state index contributed by atoms with van der Waals surface area (Å²) in [6, 6.07) is 7.92. The molecule has 0 saturated carbocycles. The minimum Gasteiger partial charge on any atom is -0.343 e. The highest BCUT2D eigenvalue weighted by atomic mass is 19.1. The number of hydrogen-bond donors (Lipinski definition) is 1. The number of aryl methyl sites for hydroxylation is 1. The molecule has 0 unspecified atom stereocenters. The minimum absolute atomic E-state index is 0.0129. The minimum atomic E-state index is -0.301. The molecule has 1 saturated heterocycles. The fourth-order valence-corrected chi connectivity index (χ4v) is 3.31. The number of amides is 2. The van der Waals surface area contributed by atoms with Crippen LogP contribution in [-0.2, 0) is 4.79 Å². The van der Waals surface area contributed by atoms with Gasteiger partial charge in [-0.1, -0.05) is 0 Å². The maximum Gasteiger partial charge on any atom is 0.253 e. The number of likely N-dealkylation sites (tertiary alicyclic amines) is 1. The molecule has 3 rings (SSSR count). The lowest BCUT2D eigenvalue weighted by Crippen LogP contribution is -2.38. The van der Waals surface area contributed by atoms with E-state index >= 15 is 0 Å². The van der Waals surface area contributed by atoms with Gasteiger partial charge in [0.2, 0.25) is 5.91 Å². The van der Waals surface area contributed by atoms with Crippen molar-refractivity contribution in [2.75, 3.05) is 19.6 Å². The van der Waals surface area contributed by atoms with Crippen LogP contribution in [0.2, 0.25) is 0 Å². The lowest BCUT2D eigenvalue weighted by Gasteiger charge is -2.15. The van der Waals surface area contributed by atoms with Gasteiger partial charge in [0.15, 0.2) is 0 Å². The molecule has 2 aromatic rings. The molecule has 1 aromatic heterocycles. The molecule has 5 nitrogen and oxygen atoms in total. The fraction of sp³-hybridized carbons (Fsp3) is 0.368. The monoisotopic (exact) mass is 343 g/mol. The van der Waals surface area contributed by atoms with E-state index < -0.39 is 0 Å². The van der Waals surface area contributed by atoms with E-state index in [0.29, 0.717) is 5.56 Å². The third kappa shape index (κ3) is 3.57. The van der Waals surface area contributed by atoms with Crippen molar-refractivity contribution in [2.45, 2.75) is 26.7 Å². The molecule has 2 heterocycles. The smallest absolute Gasteiger partial charge is 0.253 e. The van der Waals surface area contributed by atoms with E-state index in [0.717, 1.165) is 43.0 Å². The van der Waals surface area contributed by atoms with Crippen molar-refractivity contribution in [1.82, 2.24) is 14.8 Å². The first kappa shape index (κ1) is 17.2. The van der Waals surface area contributed by atoms with Crippen molar-refractivity contribution in [3.8, 4) is 5.69 Å². The van der Waals surface area contributed by atoms with Crippen LogP contribution in [0.5, 0.6) is 0 Å². The fourth-order valence-electron chi connectivity index (χ4n) is 3.31. The quantitative estimate of drug-likeness (QED) is 0.928. The Hall–Kier alpha value is -2.63. The molecule has 0 bridgehead atoms. The average Bonchev–Trinajstić information content (AvgIpc) is 3.22. The van der Waals surface area contributed by atoms with Crippen molar-refractivity contribution >= 4 is 11.8 Å². The second-order valence-corrected chi connectivity index (χ2v) is 6.37. The maximum atomic E-state index is 13.1. The first-order chi connectivity index (χ1) is 12.0. The molecule has 1 aromatic carbocycles. The summed E-state index contributed by atoms with van der Waals surface area (Å²) < 4.78 is 15.0. The van der Waals surface area contributed by atoms with Crippen molar-refractivity contribution in [1.29, 1.82) is 0 Å². The third-order valence-corrected chi connectivity index (χ3v) is 4.62. The van der Waals surface area contributed by atoms with E-state index in [1.54, 1.807) is 23.1 Å². The highest BCUT2D eigenvalue weighted by molar-refractivity contribution is 5.98. The second kappa shape index (κ2) is 7.09. The summed E-state index contributed by atoms with van der Waals surface area (Å²) in [6.07, 6.45) is 2.05. The van der Waals surface area contributed by atoms with Crippen LogP contribution < -0.4 is 5.32 Å². The van der Waals surface area contributed by atoms with Crippen LogP contribution in [0.25, 0.3) is 5.69 Å². The van der Waals surface area contributed by atoms with Gasteiger partial charge in [-0.3, -0.25) is 9.59 Å². The second-order valence-electron chi connectivity index (χ2n) is 6.37. The van der Waals surface area contributed by atoms with Gasteiger partial charge in [0.25, 0.3) is 5.91 Å². The summed E-state index contributed by atoms with van der Waals surface area (Å²) in [4.78, 5) is 26.3. The Morgan fingerprint density at radius 3 is 2.40 bits per heavy atom. The van der Waals surface area contributed by atoms with E-state index in [4.69, 9.17) is 0 Å². The molecule has 1 aliphatic heterocycles. The summed E-state index contributed by atoms with van der Waals surface area (Å²) in [5.41, 5.74) is 2.95. The molecule has 1 N–H and O–H groups in total. The van der Waals surface area contributed by atoms with Crippen LogP contribution in [0, 0.1) is 19.7 Å². The molecule has 25 heavy (non-hydrogen) atoms. The van der Waals surface area contributed by atoms with Crippen molar-refractivity contribution in [2.24, 2.45) is 0 Å². The summed E-state index contributed by atoms with van der Waals surface area (Å²) in [5.74, 6) is -0.614. The first-order valence-corrected chi connectivity index (χ1v) is 8.48. The molecule has 0 radical (unpaired) electrons. The maximum absolute atomic E-state index is 13.1. The van der Waals surface area contributed by atoms with Gasteiger partial charge >= 0.3 is 0 Å². The van der Waals surface area contributed by atoms with E-state index in [1.807, 2.05) is 18.4 Å². The van der Waals surface area contributed by atoms with Gasteiger partial charge in [0.1, 0.15) is 5.82 Å². The van der Waals surface area contributed by atoms with Gasteiger partial charge in [-0.05, 0) is 57.0 Å². The van der Waals surface area contributed by atoms with Crippen LogP contribution in [0.15, 0.2) is 30.3 Å². The molecule has 0 spiro atoms. The Morgan fingerprint density at radius 1 is 1.12 bits per heavy atom. The van der Waals surface area contributed by atoms with Crippen LogP contribution in [0.3, 0.4) is 0 Å². The zero-order chi connectivity index (χ0) is 18.0. The van der Waals surface area contributed by atoms with Crippen molar-refractivity contribution < 1.29 is 14.0 Å². The Labute approximate surface area is 146 Å². The van der Waals surface area contributed by atoms with Gasteiger partial charge < -0.3 is 14.8 Å². The van der Waals surface area contributed by atoms with Crippen LogP contribution >= 0.6 is 0 Å². The number of hydrogen-bond acceptors (Lipinski definition) is 2. The number of halogens is 1. The Morgan fingerprint density at radius 2 is 1.76 bits per heavy atom. The van der Waals surface area contributed by atoms with Crippen LogP contribution in [0.1, 0.15) is 34.6 Å². The topological polar surface area (TPSA) is 54.3 Å². The number of carbonyl (C=O) groups excluding carboxylic acids is 2. The highest BCUT2D eigenvalue weighted by Crippen LogP contribution is 2.21. The molecule has 1 fully saturated rings.